The van der Waals surface area contributed by atoms with Gasteiger partial charge in [0, 0.05) is 5.56 Å². The summed E-state index contributed by atoms with van der Waals surface area (Å²) in [5.41, 5.74) is 0.830. The van der Waals surface area contributed by atoms with E-state index in [0.717, 1.165) is 0 Å². The highest BCUT2D eigenvalue weighted by molar-refractivity contribution is 5.91. The third-order valence-corrected chi connectivity index (χ3v) is 3.04. The van der Waals surface area contributed by atoms with Crippen molar-refractivity contribution in [2.75, 3.05) is 0 Å². The second-order valence-corrected chi connectivity index (χ2v) is 4.54. The predicted octanol–water partition coefficient (Wildman–Crippen LogP) is 3.70. The lowest BCUT2D eigenvalue weighted by molar-refractivity contribution is -0.386. The molecule has 0 unspecified atom stereocenters. The number of hydrogen-bond acceptors (Lipinski definition) is 4. The Balaban J connectivity index is 2.56. The molecule has 0 heterocycles. The first-order chi connectivity index (χ1) is 9.91. The number of hydrogen-bond donors (Lipinski definition) is 1. The first-order valence-corrected chi connectivity index (χ1v) is 6.16. The number of benzene rings is 2. The van der Waals surface area contributed by atoms with Crippen LogP contribution in [0.1, 0.15) is 21.5 Å². The number of para-hydroxylation sites is 2. The first kappa shape index (κ1) is 14.5. The Morgan fingerprint density at radius 3 is 2.38 bits per heavy atom. The fourth-order valence-electron chi connectivity index (χ4n) is 2.01. The SMILES string of the molecule is Cc1cccc(C(=O)O)c1Oc1cccc(C)c1[N+](=O)[O-]. The fraction of sp³-hybridized carbons (Fsp3) is 0.133. The van der Waals surface area contributed by atoms with Crippen molar-refractivity contribution in [1.82, 2.24) is 0 Å². The number of carbonyl (C=O) groups is 1. The predicted molar refractivity (Wildman–Crippen MR) is 76.0 cm³/mol. The normalized spacial score (nSPS) is 10.2. The lowest BCUT2D eigenvalue weighted by Gasteiger charge is -2.12. The Morgan fingerprint density at radius 2 is 1.76 bits per heavy atom. The molecular weight excluding hydrogens is 274 g/mol. The third-order valence-electron chi connectivity index (χ3n) is 3.04. The van der Waals surface area contributed by atoms with Gasteiger partial charge in [0.1, 0.15) is 11.3 Å². The number of nitro benzene ring substituents is 1. The van der Waals surface area contributed by atoms with E-state index in [1.54, 1.807) is 38.1 Å². The molecule has 6 heteroatoms. The molecule has 0 radical (unpaired) electrons. The minimum atomic E-state index is -1.15. The molecule has 6 nitrogen and oxygen atoms in total. The average Bonchev–Trinajstić information content (AvgIpc) is 2.40. The van der Waals surface area contributed by atoms with Crippen LogP contribution in [0.3, 0.4) is 0 Å². The Hall–Kier alpha value is -2.89. The van der Waals surface area contributed by atoms with Crippen molar-refractivity contribution >= 4 is 11.7 Å². The summed E-state index contributed by atoms with van der Waals surface area (Å²) < 4.78 is 5.55. The van der Waals surface area contributed by atoms with Gasteiger partial charge in [-0.2, -0.15) is 0 Å². The van der Waals surface area contributed by atoms with E-state index in [-0.39, 0.29) is 22.7 Å². The molecule has 21 heavy (non-hydrogen) atoms. The topological polar surface area (TPSA) is 89.7 Å². The molecule has 0 aliphatic carbocycles. The average molecular weight is 287 g/mol. The van der Waals surface area contributed by atoms with E-state index >= 15 is 0 Å². The van der Waals surface area contributed by atoms with E-state index in [2.05, 4.69) is 0 Å². The van der Waals surface area contributed by atoms with Crippen LogP contribution in [0.15, 0.2) is 36.4 Å². The van der Waals surface area contributed by atoms with Gasteiger partial charge < -0.3 is 9.84 Å². The maximum Gasteiger partial charge on any atom is 0.339 e. The molecule has 0 aromatic heterocycles. The summed E-state index contributed by atoms with van der Waals surface area (Å²) in [4.78, 5) is 21.8. The summed E-state index contributed by atoms with van der Waals surface area (Å²) in [5, 5.41) is 20.3. The fourth-order valence-corrected chi connectivity index (χ4v) is 2.01. The van der Waals surface area contributed by atoms with Gasteiger partial charge in [-0.15, -0.1) is 0 Å². The number of carboxylic acid groups (broad SMARTS) is 1. The van der Waals surface area contributed by atoms with Crippen LogP contribution in [-0.4, -0.2) is 16.0 Å². The zero-order chi connectivity index (χ0) is 15.6. The molecule has 0 fully saturated rings. The molecule has 0 aliphatic rings. The molecule has 0 bridgehead atoms. The Kier molecular flexibility index (Phi) is 3.89. The van der Waals surface area contributed by atoms with Crippen molar-refractivity contribution in [3.63, 3.8) is 0 Å². The van der Waals surface area contributed by atoms with Crippen LogP contribution in [-0.2, 0) is 0 Å². The number of rotatable bonds is 4. The monoisotopic (exact) mass is 287 g/mol. The van der Waals surface area contributed by atoms with Gasteiger partial charge >= 0.3 is 11.7 Å². The minimum absolute atomic E-state index is 0.0248. The van der Waals surface area contributed by atoms with Crippen molar-refractivity contribution in [2.45, 2.75) is 13.8 Å². The Morgan fingerprint density at radius 1 is 1.14 bits per heavy atom. The smallest absolute Gasteiger partial charge is 0.339 e. The molecule has 2 rings (SSSR count). The number of nitro groups is 1. The second kappa shape index (κ2) is 5.62. The van der Waals surface area contributed by atoms with Gasteiger partial charge in [-0.25, -0.2) is 4.79 Å². The summed E-state index contributed by atoms with van der Waals surface area (Å²) in [6, 6.07) is 9.34. The van der Waals surface area contributed by atoms with Crippen LogP contribution in [0, 0.1) is 24.0 Å². The standard InChI is InChI=1S/C15H13NO5/c1-9-5-4-8-12(13(9)16(19)20)21-14-10(2)6-3-7-11(14)15(17)18/h3-8H,1-2H3,(H,17,18). The molecular formula is C15H13NO5. The van der Waals surface area contributed by atoms with Crippen LogP contribution >= 0.6 is 0 Å². The maximum atomic E-state index is 11.2. The molecule has 1 N–H and O–H groups in total. The van der Waals surface area contributed by atoms with Gasteiger partial charge in [0.05, 0.1) is 4.92 Å². The summed E-state index contributed by atoms with van der Waals surface area (Å²) in [5.74, 6) is -1.01. The highest BCUT2D eigenvalue weighted by Crippen LogP contribution is 2.36. The van der Waals surface area contributed by atoms with E-state index in [1.165, 1.54) is 12.1 Å². The number of carboxylic acids is 1. The molecule has 2 aromatic rings. The van der Waals surface area contributed by atoms with Crippen LogP contribution in [0.4, 0.5) is 5.69 Å². The molecule has 2 aromatic carbocycles. The van der Waals surface area contributed by atoms with E-state index in [4.69, 9.17) is 4.74 Å². The lowest BCUT2D eigenvalue weighted by atomic mass is 10.1. The first-order valence-electron chi connectivity index (χ1n) is 6.16. The molecule has 108 valence electrons. The van der Waals surface area contributed by atoms with Crippen molar-refractivity contribution < 1.29 is 19.6 Å². The largest absolute Gasteiger partial charge is 0.478 e. The molecule has 0 aliphatic heterocycles. The molecule has 0 saturated heterocycles. The molecule has 0 saturated carbocycles. The Labute approximate surface area is 120 Å². The summed E-state index contributed by atoms with van der Waals surface area (Å²) >= 11 is 0. The van der Waals surface area contributed by atoms with Gasteiger partial charge in [0.25, 0.3) is 0 Å². The van der Waals surface area contributed by atoms with E-state index in [9.17, 15) is 20.0 Å². The number of ether oxygens (including phenoxy) is 1. The minimum Gasteiger partial charge on any atom is -0.478 e. The van der Waals surface area contributed by atoms with Crippen molar-refractivity contribution in [3.8, 4) is 11.5 Å². The zero-order valence-corrected chi connectivity index (χ0v) is 11.5. The quantitative estimate of drug-likeness (QED) is 0.684. The van der Waals surface area contributed by atoms with E-state index in [0.29, 0.717) is 11.1 Å². The maximum absolute atomic E-state index is 11.2. The summed E-state index contributed by atoms with van der Waals surface area (Å²) in [7, 11) is 0. The zero-order valence-electron chi connectivity index (χ0n) is 11.5. The van der Waals surface area contributed by atoms with Gasteiger partial charge in [0.15, 0.2) is 0 Å². The highest BCUT2D eigenvalue weighted by Gasteiger charge is 2.21. The van der Waals surface area contributed by atoms with E-state index < -0.39 is 10.9 Å². The van der Waals surface area contributed by atoms with Crippen LogP contribution in [0.25, 0.3) is 0 Å². The van der Waals surface area contributed by atoms with Gasteiger partial charge in [0.2, 0.25) is 5.75 Å². The second-order valence-electron chi connectivity index (χ2n) is 4.54. The molecule has 0 spiro atoms. The summed E-state index contributed by atoms with van der Waals surface area (Å²) in [6.45, 7) is 3.28. The number of aryl methyl sites for hydroxylation is 2. The van der Waals surface area contributed by atoms with Crippen LogP contribution in [0.2, 0.25) is 0 Å². The summed E-state index contributed by atoms with van der Waals surface area (Å²) in [6.07, 6.45) is 0. The molecule has 0 amide bonds. The Bertz CT molecular complexity index is 724. The third kappa shape index (κ3) is 2.84. The lowest BCUT2D eigenvalue weighted by Crippen LogP contribution is -2.03. The van der Waals surface area contributed by atoms with Crippen LogP contribution < -0.4 is 4.74 Å². The van der Waals surface area contributed by atoms with Crippen LogP contribution in [0.5, 0.6) is 11.5 Å². The van der Waals surface area contributed by atoms with Crippen molar-refractivity contribution in [2.24, 2.45) is 0 Å². The van der Waals surface area contributed by atoms with Gasteiger partial charge in [-0.3, -0.25) is 10.1 Å². The van der Waals surface area contributed by atoms with Crippen molar-refractivity contribution in [1.29, 1.82) is 0 Å². The van der Waals surface area contributed by atoms with Crippen molar-refractivity contribution in [3.05, 3.63) is 63.2 Å². The number of aromatic carboxylic acids is 1. The van der Waals surface area contributed by atoms with Gasteiger partial charge in [-0.05, 0) is 31.5 Å². The van der Waals surface area contributed by atoms with Gasteiger partial charge in [-0.1, -0.05) is 24.3 Å². The van der Waals surface area contributed by atoms with E-state index in [1.807, 2.05) is 0 Å². The molecule has 0 atom stereocenters. The number of nitrogens with zero attached hydrogens (tertiary/aromatic N) is 1. The highest BCUT2D eigenvalue weighted by atomic mass is 16.6.